The summed E-state index contributed by atoms with van der Waals surface area (Å²) < 4.78 is 17.6. The number of benzene rings is 2. The lowest BCUT2D eigenvalue weighted by Gasteiger charge is -2.42. The van der Waals surface area contributed by atoms with Crippen molar-refractivity contribution < 1.29 is 19.0 Å². The Balaban J connectivity index is 1.26. The molecule has 0 bridgehead atoms. The normalized spacial score (nSPS) is 20.2. The molecule has 3 aliphatic rings. The first kappa shape index (κ1) is 35.3. The maximum absolute atomic E-state index is 13.1. The topological polar surface area (TPSA) is 107 Å². The van der Waals surface area contributed by atoms with Crippen LogP contribution in [0.25, 0.3) is 10.8 Å². The molecule has 4 heterocycles. The number of piperazine rings is 1. The number of halogens is 1. The molecule has 0 N–H and O–H groups in total. The summed E-state index contributed by atoms with van der Waals surface area (Å²) in [5.74, 6) is 1.57. The SMILES string of the molecule is CC(C)(C)OC(=O)N1CCN(c2nc(OCCCN3CCOC[C@@H]3CS)nc3c2CCN(c2cccc4cccc(Cl)c24)C3)C[C@@H]1CC#N. The van der Waals surface area contributed by atoms with Crippen molar-refractivity contribution in [2.75, 3.05) is 74.6 Å². The van der Waals surface area contributed by atoms with Gasteiger partial charge in [0.15, 0.2) is 0 Å². The molecular weight excluding hydrogens is 662 g/mol. The average molecular weight is 708 g/mol. The first-order valence-corrected chi connectivity index (χ1v) is 18.1. The number of aromatic nitrogens is 2. The van der Waals surface area contributed by atoms with E-state index in [0.717, 1.165) is 83.4 Å². The Bertz CT molecular complexity index is 1680. The van der Waals surface area contributed by atoms with E-state index in [-0.39, 0.29) is 12.5 Å². The number of thiol groups is 1. The Morgan fingerprint density at radius 1 is 1.10 bits per heavy atom. The van der Waals surface area contributed by atoms with Crippen LogP contribution in [-0.2, 0) is 22.4 Å². The number of anilines is 2. The van der Waals surface area contributed by atoms with Gasteiger partial charge < -0.3 is 28.9 Å². The molecule has 0 unspecified atom stereocenters. The second-order valence-corrected chi connectivity index (χ2v) is 14.6. The number of hydrogen-bond donors (Lipinski definition) is 1. The summed E-state index contributed by atoms with van der Waals surface area (Å²) in [7, 11) is 0. The molecule has 2 saturated heterocycles. The largest absolute Gasteiger partial charge is 0.463 e. The number of ether oxygens (including phenoxy) is 3. The van der Waals surface area contributed by atoms with Crippen LogP contribution in [0.3, 0.4) is 0 Å². The first-order chi connectivity index (χ1) is 23.6. The fourth-order valence-corrected chi connectivity index (χ4v) is 7.55. The highest BCUT2D eigenvalue weighted by Gasteiger charge is 2.36. The van der Waals surface area contributed by atoms with E-state index in [1.165, 1.54) is 0 Å². The van der Waals surface area contributed by atoms with Crippen LogP contribution in [0.4, 0.5) is 16.3 Å². The highest BCUT2D eigenvalue weighted by atomic mass is 35.5. The zero-order valence-electron chi connectivity index (χ0n) is 28.6. The standard InChI is InChI=1S/C36H46ClN7O4S/c1-36(2,3)48-35(45)44-17-16-43(21-26(44)11-13-38)33-28-12-15-42(31-10-5-8-25-7-4-9-29(37)32(25)31)22-30(28)39-34(40-33)47-19-6-14-41-18-20-46-23-27(41)24-49/h4-5,7-10,26-27,49H,6,11-12,14-24H2,1-3H3/t26-,27+/m0/s1. The molecule has 0 spiro atoms. The van der Waals surface area contributed by atoms with Crippen molar-refractivity contribution in [2.45, 2.75) is 64.3 Å². The van der Waals surface area contributed by atoms with Gasteiger partial charge in [0.05, 0.1) is 55.6 Å². The number of nitriles is 1. The van der Waals surface area contributed by atoms with E-state index in [2.05, 4.69) is 57.7 Å². The molecule has 2 aromatic carbocycles. The Hall–Kier alpha value is -3.50. The van der Waals surface area contributed by atoms with E-state index >= 15 is 0 Å². The summed E-state index contributed by atoms with van der Waals surface area (Å²) in [5, 5.41) is 12.5. The molecule has 13 heteroatoms. The van der Waals surface area contributed by atoms with Gasteiger partial charge in [-0.25, -0.2) is 4.79 Å². The van der Waals surface area contributed by atoms with Crippen molar-refractivity contribution >= 4 is 52.6 Å². The minimum Gasteiger partial charge on any atom is -0.463 e. The maximum atomic E-state index is 13.1. The van der Waals surface area contributed by atoms with Crippen molar-refractivity contribution in [1.29, 1.82) is 5.26 Å². The molecule has 6 rings (SSSR count). The molecular formula is C36H46ClN7O4S. The molecule has 0 radical (unpaired) electrons. The zero-order chi connectivity index (χ0) is 34.5. The van der Waals surface area contributed by atoms with Gasteiger partial charge in [-0.05, 0) is 51.1 Å². The summed E-state index contributed by atoms with van der Waals surface area (Å²) in [5.41, 5.74) is 2.42. The maximum Gasteiger partial charge on any atom is 0.410 e. The van der Waals surface area contributed by atoms with Crippen LogP contribution < -0.4 is 14.5 Å². The van der Waals surface area contributed by atoms with E-state index in [0.29, 0.717) is 51.4 Å². The monoisotopic (exact) mass is 707 g/mol. The van der Waals surface area contributed by atoms with Gasteiger partial charge in [0.2, 0.25) is 0 Å². The summed E-state index contributed by atoms with van der Waals surface area (Å²) in [6.07, 6.45) is 1.34. The van der Waals surface area contributed by atoms with Crippen LogP contribution in [0.15, 0.2) is 36.4 Å². The Morgan fingerprint density at radius 2 is 1.92 bits per heavy atom. The van der Waals surface area contributed by atoms with Crippen molar-refractivity contribution in [3.63, 3.8) is 0 Å². The van der Waals surface area contributed by atoms with Crippen LogP contribution in [0.1, 0.15) is 44.9 Å². The van der Waals surface area contributed by atoms with Gasteiger partial charge in [-0.15, -0.1) is 0 Å². The summed E-state index contributed by atoms with van der Waals surface area (Å²) in [4.78, 5) is 31.7. The van der Waals surface area contributed by atoms with Crippen molar-refractivity contribution in [3.05, 3.63) is 52.7 Å². The number of hydrogen-bond acceptors (Lipinski definition) is 11. The van der Waals surface area contributed by atoms with Crippen molar-refractivity contribution in [3.8, 4) is 12.1 Å². The highest BCUT2D eigenvalue weighted by molar-refractivity contribution is 7.80. The van der Waals surface area contributed by atoms with Gasteiger partial charge in [0.1, 0.15) is 11.4 Å². The molecule has 1 amide bonds. The molecule has 0 saturated carbocycles. The van der Waals surface area contributed by atoms with Crippen molar-refractivity contribution in [1.82, 2.24) is 19.8 Å². The van der Waals surface area contributed by atoms with Gasteiger partial charge in [-0.3, -0.25) is 4.90 Å². The molecule has 262 valence electrons. The fourth-order valence-electron chi connectivity index (χ4n) is 6.93. The summed E-state index contributed by atoms with van der Waals surface area (Å²) in [6.45, 7) is 12.0. The van der Waals surface area contributed by atoms with Crippen LogP contribution >= 0.6 is 24.2 Å². The third-order valence-corrected chi connectivity index (χ3v) is 10.1. The lowest BCUT2D eigenvalue weighted by molar-refractivity contribution is -0.000218. The van der Waals surface area contributed by atoms with Gasteiger partial charge in [-0.1, -0.05) is 35.9 Å². The van der Waals surface area contributed by atoms with E-state index in [1.54, 1.807) is 4.90 Å². The van der Waals surface area contributed by atoms with Gasteiger partial charge >= 0.3 is 12.1 Å². The predicted octanol–water partition coefficient (Wildman–Crippen LogP) is 5.58. The van der Waals surface area contributed by atoms with Crippen LogP contribution in [0.5, 0.6) is 6.01 Å². The Kier molecular flexibility index (Phi) is 11.2. The zero-order valence-corrected chi connectivity index (χ0v) is 30.3. The Morgan fingerprint density at radius 3 is 2.69 bits per heavy atom. The molecule has 49 heavy (non-hydrogen) atoms. The van der Waals surface area contributed by atoms with E-state index < -0.39 is 11.7 Å². The third-order valence-electron chi connectivity index (χ3n) is 9.31. The predicted molar refractivity (Wildman–Crippen MR) is 195 cm³/mol. The molecule has 2 atom stereocenters. The van der Waals surface area contributed by atoms with Gasteiger partial charge in [-0.2, -0.15) is 27.9 Å². The molecule has 1 aromatic heterocycles. The second-order valence-electron chi connectivity index (χ2n) is 13.8. The van der Waals surface area contributed by atoms with Gasteiger partial charge in [0.25, 0.3) is 0 Å². The minimum atomic E-state index is -0.626. The Labute approximate surface area is 299 Å². The lowest BCUT2D eigenvalue weighted by atomic mass is 10.0. The summed E-state index contributed by atoms with van der Waals surface area (Å²) in [6, 6.07) is 14.8. The molecule has 3 aliphatic heterocycles. The average Bonchev–Trinajstić information content (AvgIpc) is 3.09. The number of carbonyl (C=O) groups excluding carboxylic acids is 1. The third kappa shape index (κ3) is 8.28. The number of morpholine rings is 1. The van der Waals surface area contributed by atoms with Crippen LogP contribution in [-0.4, -0.2) is 108 Å². The van der Waals surface area contributed by atoms with E-state index in [4.69, 9.17) is 35.8 Å². The molecule has 0 aliphatic carbocycles. The van der Waals surface area contributed by atoms with E-state index in [1.807, 2.05) is 32.9 Å². The lowest BCUT2D eigenvalue weighted by Crippen LogP contribution is -2.56. The molecule has 11 nitrogen and oxygen atoms in total. The highest BCUT2D eigenvalue weighted by Crippen LogP contribution is 2.37. The smallest absolute Gasteiger partial charge is 0.410 e. The van der Waals surface area contributed by atoms with Gasteiger partial charge in [0, 0.05) is 67.7 Å². The van der Waals surface area contributed by atoms with Crippen LogP contribution in [0, 0.1) is 11.3 Å². The molecule has 2 fully saturated rings. The van der Waals surface area contributed by atoms with E-state index in [9.17, 15) is 10.1 Å². The second kappa shape index (κ2) is 15.6. The number of rotatable bonds is 9. The van der Waals surface area contributed by atoms with Crippen LogP contribution in [0.2, 0.25) is 5.02 Å². The number of amides is 1. The fraction of sp³-hybridized carbons (Fsp3) is 0.556. The number of carbonyl (C=O) groups is 1. The summed E-state index contributed by atoms with van der Waals surface area (Å²) >= 11 is 11.2. The minimum absolute atomic E-state index is 0.191. The van der Waals surface area contributed by atoms with Crippen molar-refractivity contribution in [2.24, 2.45) is 0 Å². The first-order valence-electron chi connectivity index (χ1n) is 17.1. The molecule has 3 aromatic rings. The number of fused-ring (bicyclic) bond motifs is 2. The quantitative estimate of drug-likeness (QED) is 0.224. The number of nitrogens with zero attached hydrogens (tertiary/aromatic N) is 7.